The third-order valence-electron chi connectivity index (χ3n) is 2.95. The van der Waals surface area contributed by atoms with Crippen LogP contribution < -0.4 is 5.32 Å². The second-order valence-electron chi connectivity index (χ2n) is 4.47. The van der Waals surface area contributed by atoms with Crippen LogP contribution in [0.3, 0.4) is 0 Å². The normalized spacial score (nSPS) is 10.8. The number of fused-ring (bicyclic) bond motifs is 1. The quantitative estimate of drug-likeness (QED) is 0.678. The van der Waals surface area contributed by atoms with E-state index in [2.05, 4.69) is 15.3 Å². The molecule has 0 bridgehead atoms. The van der Waals surface area contributed by atoms with Crippen molar-refractivity contribution in [3.8, 4) is 0 Å². The summed E-state index contributed by atoms with van der Waals surface area (Å²) in [5.74, 6) is 0.646. The Morgan fingerprint density at radius 3 is 2.65 bits per heavy atom. The molecule has 0 saturated heterocycles. The minimum atomic E-state index is 0.204. The average Bonchev–Trinajstić information content (AvgIpc) is 2.43. The molecule has 0 aliphatic carbocycles. The van der Waals surface area contributed by atoms with Crippen molar-refractivity contribution in [3.05, 3.63) is 58.3 Å². The predicted octanol–water partition coefficient (Wildman–Crippen LogP) is 4.99. The van der Waals surface area contributed by atoms with Gasteiger partial charge in [0.15, 0.2) is 0 Å². The Labute approximate surface area is 126 Å². The molecule has 2 aromatic carbocycles. The molecule has 20 heavy (non-hydrogen) atoms. The van der Waals surface area contributed by atoms with Gasteiger partial charge in [0.25, 0.3) is 0 Å². The maximum absolute atomic E-state index is 6.20. The number of rotatable bonds is 2. The van der Waals surface area contributed by atoms with Crippen LogP contribution in [0.1, 0.15) is 5.56 Å². The maximum Gasteiger partial charge on any atom is 0.224 e. The van der Waals surface area contributed by atoms with Crippen molar-refractivity contribution in [2.75, 3.05) is 5.32 Å². The number of halogens is 2. The third-order valence-corrected chi connectivity index (χ3v) is 3.45. The summed E-state index contributed by atoms with van der Waals surface area (Å²) in [6.07, 6.45) is 0. The second-order valence-corrected chi connectivity index (χ2v) is 5.21. The molecule has 0 aliphatic rings. The maximum atomic E-state index is 6.20. The Morgan fingerprint density at radius 1 is 1.00 bits per heavy atom. The monoisotopic (exact) mass is 303 g/mol. The summed E-state index contributed by atoms with van der Waals surface area (Å²) in [5.41, 5.74) is 2.70. The zero-order valence-corrected chi connectivity index (χ0v) is 12.2. The first-order valence-electron chi connectivity index (χ1n) is 6.09. The molecule has 0 aliphatic heterocycles. The van der Waals surface area contributed by atoms with Gasteiger partial charge in [-0.2, -0.15) is 4.98 Å². The van der Waals surface area contributed by atoms with E-state index in [-0.39, 0.29) is 5.28 Å². The predicted molar refractivity (Wildman–Crippen MR) is 84.0 cm³/mol. The second kappa shape index (κ2) is 5.27. The standard InChI is InChI=1S/C15H11Cl2N3/c1-9-6-7-11(16)13(8-9)18-14-10-4-2-3-5-12(10)19-15(17)20-14/h2-8H,1H3,(H,18,19,20). The Kier molecular flexibility index (Phi) is 3.47. The Morgan fingerprint density at radius 2 is 1.80 bits per heavy atom. The van der Waals surface area contributed by atoms with Crippen molar-refractivity contribution in [1.29, 1.82) is 0 Å². The van der Waals surface area contributed by atoms with E-state index in [1.165, 1.54) is 0 Å². The molecule has 100 valence electrons. The molecule has 0 unspecified atom stereocenters. The van der Waals surface area contributed by atoms with Gasteiger partial charge in [0.1, 0.15) is 5.82 Å². The van der Waals surface area contributed by atoms with E-state index < -0.39 is 0 Å². The van der Waals surface area contributed by atoms with Gasteiger partial charge in [0, 0.05) is 5.39 Å². The lowest BCUT2D eigenvalue weighted by molar-refractivity contribution is 1.22. The van der Waals surface area contributed by atoms with Gasteiger partial charge < -0.3 is 5.32 Å². The summed E-state index contributed by atoms with van der Waals surface area (Å²) >= 11 is 12.2. The van der Waals surface area contributed by atoms with Gasteiger partial charge in [0.05, 0.1) is 16.2 Å². The summed E-state index contributed by atoms with van der Waals surface area (Å²) in [7, 11) is 0. The summed E-state index contributed by atoms with van der Waals surface area (Å²) in [6.45, 7) is 2.01. The molecule has 0 spiro atoms. The van der Waals surface area contributed by atoms with Crippen LogP contribution in [0.15, 0.2) is 42.5 Å². The molecule has 3 rings (SSSR count). The first-order valence-corrected chi connectivity index (χ1v) is 6.84. The Bertz CT molecular complexity index is 787. The van der Waals surface area contributed by atoms with Gasteiger partial charge in [-0.25, -0.2) is 4.98 Å². The molecule has 0 atom stereocenters. The number of para-hydroxylation sites is 1. The van der Waals surface area contributed by atoms with Crippen molar-refractivity contribution in [2.24, 2.45) is 0 Å². The number of nitrogens with zero attached hydrogens (tertiary/aromatic N) is 2. The smallest absolute Gasteiger partial charge is 0.224 e. The zero-order chi connectivity index (χ0) is 14.1. The third kappa shape index (κ3) is 2.55. The lowest BCUT2D eigenvalue weighted by Crippen LogP contribution is -1.98. The fourth-order valence-corrected chi connectivity index (χ4v) is 2.35. The lowest BCUT2D eigenvalue weighted by Gasteiger charge is -2.11. The Balaban J connectivity index is 2.13. The molecular formula is C15H11Cl2N3. The van der Waals surface area contributed by atoms with Gasteiger partial charge in [-0.3, -0.25) is 0 Å². The lowest BCUT2D eigenvalue weighted by atomic mass is 10.2. The van der Waals surface area contributed by atoms with Crippen LogP contribution in [-0.2, 0) is 0 Å². The largest absolute Gasteiger partial charge is 0.338 e. The number of nitrogens with one attached hydrogen (secondary N) is 1. The molecular weight excluding hydrogens is 293 g/mol. The number of aryl methyl sites for hydroxylation is 1. The van der Waals surface area contributed by atoms with Crippen molar-refractivity contribution in [2.45, 2.75) is 6.92 Å². The summed E-state index contributed by atoms with van der Waals surface area (Å²) < 4.78 is 0. The highest BCUT2D eigenvalue weighted by Gasteiger charge is 2.08. The first kappa shape index (κ1) is 13.2. The average molecular weight is 304 g/mol. The van der Waals surface area contributed by atoms with Gasteiger partial charge in [-0.15, -0.1) is 0 Å². The van der Waals surface area contributed by atoms with E-state index in [9.17, 15) is 0 Å². The molecule has 1 heterocycles. The zero-order valence-electron chi connectivity index (χ0n) is 10.7. The summed E-state index contributed by atoms with van der Waals surface area (Å²) in [5, 5.41) is 4.96. The van der Waals surface area contributed by atoms with Crippen LogP contribution in [0, 0.1) is 6.92 Å². The number of aromatic nitrogens is 2. The van der Waals surface area contributed by atoms with E-state index in [0.717, 1.165) is 22.2 Å². The van der Waals surface area contributed by atoms with Crippen molar-refractivity contribution >= 4 is 45.6 Å². The molecule has 0 saturated carbocycles. The van der Waals surface area contributed by atoms with Crippen LogP contribution in [0.25, 0.3) is 10.9 Å². The number of hydrogen-bond donors (Lipinski definition) is 1. The molecule has 0 radical (unpaired) electrons. The molecule has 1 aromatic heterocycles. The molecule has 3 nitrogen and oxygen atoms in total. The highest BCUT2D eigenvalue weighted by Crippen LogP contribution is 2.29. The SMILES string of the molecule is Cc1ccc(Cl)c(Nc2nc(Cl)nc3ccccc23)c1. The van der Waals surface area contributed by atoms with Gasteiger partial charge in [0.2, 0.25) is 5.28 Å². The van der Waals surface area contributed by atoms with E-state index in [0.29, 0.717) is 10.8 Å². The van der Waals surface area contributed by atoms with E-state index in [1.807, 2.05) is 49.4 Å². The molecule has 0 fully saturated rings. The van der Waals surface area contributed by atoms with Crippen LogP contribution >= 0.6 is 23.2 Å². The minimum absolute atomic E-state index is 0.204. The number of benzene rings is 2. The van der Waals surface area contributed by atoms with Crippen molar-refractivity contribution in [1.82, 2.24) is 9.97 Å². The number of hydrogen-bond acceptors (Lipinski definition) is 3. The topological polar surface area (TPSA) is 37.8 Å². The molecule has 0 amide bonds. The van der Waals surface area contributed by atoms with Gasteiger partial charge in [-0.1, -0.05) is 29.8 Å². The van der Waals surface area contributed by atoms with Crippen LogP contribution in [0.5, 0.6) is 0 Å². The minimum Gasteiger partial charge on any atom is -0.338 e. The van der Waals surface area contributed by atoms with Crippen LogP contribution in [-0.4, -0.2) is 9.97 Å². The molecule has 1 N–H and O–H groups in total. The highest BCUT2D eigenvalue weighted by molar-refractivity contribution is 6.33. The fourth-order valence-electron chi connectivity index (χ4n) is 2.01. The summed E-state index contributed by atoms with van der Waals surface area (Å²) in [4.78, 5) is 8.45. The van der Waals surface area contributed by atoms with E-state index in [4.69, 9.17) is 23.2 Å². The molecule has 5 heteroatoms. The fraction of sp³-hybridized carbons (Fsp3) is 0.0667. The van der Waals surface area contributed by atoms with Crippen molar-refractivity contribution < 1.29 is 0 Å². The van der Waals surface area contributed by atoms with Crippen LogP contribution in [0.4, 0.5) is 11.5 Å². The highest BCUT2D eigenvalue weighted by atomic mass is 35.5. The van der Waals surface area contributed by atoms with Gasteiger partial charge >= 0.3 is 0 Å². The number of anilines is 2. The van der Waals surface area contributed by atoms with Gasteiger partial charge in [-0.05, 0) is 48.4 Å². The first-order chi connectivity index (χ1) is 9.63. The molecule has 3 aromatic rings. The Hall–Kier alpha value is -1.84. The van der Waals surface area contributed by atoms with Crippen molar-refractivity contribution in [3.63, 3.8) is 0 Å². The van der Waals surface area contributed by atoms with Crippen LogP contribution in [0.2, 0.25) is 10.3 Å². The van der Waals surface area contributed by atoms with E-state index in [1.54, 1.807) is 0 Å². The van der Waals surface area contributed by atoms with E-state index >= 15 is 0 Å². The summed E-state index contributed by atoms with van der Waals surface area (Å²) in [6, 6.07) is 13.5.